The molecule has 0 aromatic heterocycles. The van der Waals surface area contributed by atoms with Crippen LogP contribution in [0.3, 0.4) is 0 Å². The standard InChI is InChI=1S/C16H24FN3O/c1-20(12-13-4-6-15(17)7-5-13)10-9-19-16(21)14-3-2-8-18-11-14/h4-7,14,18H,2-3,8-12H2,1H3,(H,19,21). The quantitative estimate of drug-likeness (QED) is 0.833. The molecule has 0 radical (unpaired) electrons. The summed E-state index contributed by atoms with van der Waals surface area (Å²) in [5, 5.41) is 6.25. The van der Waals surface area contributed by atoms with Gasteiger partial charge in [-0.05, 0) is 44.1 Å². The number of carbonyl (C=O) groups excluding carboxylic acids is 1. The van der Waals surface area contributed by atoms with E-state index in [-0.39, 0.29) is 17.6 Å². The summed E-state index contributed by atoms with van der Waals surface area (Å²) in [6.07, 6.45) is 2.05. The summed E-state index contributed by atoms with van der Waals surface area (Å²) >= 11 is 0. The summed E-state index contributed by atoms with van der Waals surface area (Å²) in [7, 11) is 2.00. The lowest BCUT2D eigenvalue weighted by atomic mass is 9.99. The Bertz CT molecular complexity index is 443. The monoisotopic (exact) mass is 293 g/mol. The van der Waals surface area contributed by atoms with Crippen molar-refractivity contribution in [3.05, 3.63) is 35.6 Å². The fourth-order valence-corrected chi connectivity index (χ4v) is 2.57. The van der Waals surface area contributed by atoms with Crippen LogP contribution in [0.1, 0.15) is 18.4 Å². The van der Waals surface area contributed by atoms with Crippen LogP contribution in [0.5, 0.6) is 0 Å². The van der Waals surface area contributed by atoms with Gasteiger partial charge in [0.25, 0.3) is 0 Å². The minimum atomic E-state index is -0.213. The number of likely N-dealkylation sites (N-methyl/N-ethyl adjacent to an activating group) is 1. The molecular weight excluding hydrogens is 269 g/mol. The van der Waals surface area contributed by atoms with Gasteiger partial charge in [0.15, 0.2) is 0 Å². The first-order valence-corrected chi connectivity index (χ1v) is 7.56. The summed E-state index contributed by atoms with van der Waals surface area (Å²) < 4.78 is 12.8. The van der Waals surface area contributed by atoms with Crippen LogP contribution in [-0.4, -0.2) is 44.0 Å². The Kier molecular flexibility index (Phi) is 6.14. The minimum Gasteiger partial charge on any atom is -0.355 e. The van der Waals surface area contributed by atoms with Gasteiger partial charge in [-0.25, -0.2) is 4.39 Å². The molecule has 1 aliphatic rings. The highest BCUT2D eigenvalue weighted by molar-refractivity contribution is 5.78. The van der Waals surface area contributed by atoms with Crippen molar-refractivity contribution in [1.29, 1.82) is 0 Å². The van der Waals surface area contributed by atoms with Gasteiger partial charge in [-0.1, -0.05) is 12.1 Å². The van der Waals surface area contributed by atoms with E-state index in [0.29, 0.717) is 6.54 Å². The Morgan fingerprint density at radius 2 is 2.19 bits per heavy atom. The molecule has 2 N–H and O–H groups in total. The number of halogens is 1. The van der Waals surface area contributed by atoms with Gasteiger partial charge in [0, 0.05) is 26.2 Å². The molecule has 1 saturated heterocycles. The Balaban J connectivity index is 1.65. The third kappa shape index (κ3) is 5.44. The van der Waals surface area contributed by atoms with Crippen molar-refractivity contribution in [3.63, 3.8) is 0 Å². The molecule has 1 heterocycles. The van der Waals surface area contributed by atoms with Crippen molar-refractivity contribution >= 4 is 5.91 Å². The van der Waals surface area contributed by atoms with E-state index in [4.69, 9.17) is 0 Å². The first kappa shape index (κ1) is 15.9. The van der Waals surface area contributed by atoms with E-state index < -0.39 is 0 Å². The van der Waals surface area contributed by atoms with Gasteiger partial charge in [-0.2, -0.15) is 0 Å². The number of benzene rings is 1. The van der Waals surface area contributed by atoms with Gasteiger partial charge in [-0.3, -0.25) is 4.79 Å². The Morgan fingerprint density at radius 1 is 1.43 bits per heavy atom. The van der Waals surface area contributed by atoms with Crippen LogP contribution < -0.4 is 10.6 Å². The average molecular weight is 293 g/mol. The predicted molar refractivity (Wildman–Crippen MR) is 81.3 cm³/mol. The van der Waals surface area contributed by atoms with Crippen molar-refractivity contribution in [2.45, 2.75) is 19.4 Å². The number of amides is 1. The molecule has 0 bridgehead atoms. The highest BCUT2D eigenvalue weighted by atomic mass is 19.1. The molecule has 1 aromatic carbocycles. The van der Waals surface area contributed by atoms with Crippen LogP contribution in [0.4, 0.5) is 4.39 Å². The second kappa shape index (κ2) is 8.10. The van der Waals surface area contributed by atoms with Gasteiger partial charge in [0.1, 0.15) is 5.82 Å². The topological polar surface area (TPSA) is 44.4 Å². The molecule has 116 valence electrons. The van der Waals surface area contributed by atoms with Gasteiger partial charge in [-0.15, -0.1) is 0 Å². The lowest BCUT2D eigenvalue weighted by Gasteiger charge is -2.23. The third-order valence-corrected chi connectivity index (χ3v) is 3.83. The maximum absolute atomic E-state index is 12.8. The molecule has 0 saturated carbocycles. The lowest BCUT2D eigenvalue weighted by molar-refractivity contribution is -0.125. The maximum atomic E-state index is 12.8. The maximum Gasteiger partial charge on any atom is 0.224 e. The summed E-state index contributed by atoms with van der Waals surface area (Å²) in [5.74, 6) is 0.0493. The number of rotatable bonds is 6. The molecule has 0 aliphatic carbocycles. The summed E-state index contributed by atoms with van der Waals surface area (Å²) in [5.41, 5.74) is 1.07. The zero-order valence-electron chi connectivity index (χ0n) is 12.6. The molecule has 21 heavy (non-hydrogen) atoms. The van der Waals surface area contributed by atoms with Crippen molar-refractivity contribution in [1.82, 2.24) is 15.5 Å². The average Bonchev–Trinajstić information content (AvgIpc) is 2.50. The summed E-state index contributed by atoms with van der Waals surface area (Å²) in [6, 6.07) is 6.53. The van der Waals surface area contributed by atoms with E-state index in [0.717, 1.165) is 44.6 Å². The van der Waals surface area contributed by atoms with E-state index in [2.05, 4.69) is 15.5 Å². The first-order chi connectivity index (χ1) is 10.1. The van der Waals surface area contributed by atoms with Gasteiger partial charge < -0.3 is 15.5 Å². The first-order valence-electron chi connectivity index (χ1n) is 7.56. The highest BCUT2D eigenvalue weighted by Crippen LogP contribution is 2.09. The molecule has 1 aliphatic heterocycles. The molecule has 5 heteroatoms. The minimum absolute atomic E-state index is 0.112. The van der Waals surface area contributed by atoms with E-state index in [9.17, 15) is 9.18 Å². The van der Waals surface area contributed by atoms with E-state index in [1.165, 1.54) is 12.1 Å². The van der Waals surface area contributed by atoms with Crippen LogP contribution in [0, 0.1) is 11.7 Å². The van der Waals surface area contributed by atoms with Gasteiger partial charge in [0.2, 0.25) is 5.91 Å². The molecule has 1 unspecified atom stereocenters. The number of hydrogen-bond acceptors (Lipinski definition) is 3. The van der Waals surface area contributed by atoms with Crippen molar-refractivity contribution in [3.8, 4) is 0 Å². The molecule has 1 aromatic rings. The number of carbonyl (C=O) groups is 1. The molecule has 1 fully saturated rings. The van der Waals surface area contributed by atoms with Gasteiger partial charge >= 0.3 is 0 Å². The third-order valence-electron chi connectivity index (χ3n) is 3.83. The van der Waals surface area contributed by atoms with Gasteiger partial charge in [0.05, 0.1) is 5.92 Å². The van der Waals surface area contributed by atoms with Crippen molar-refractivity contribution in [2.24, 2.45) is 5.92 Å². The highest BCUT2D eigenvalue weighted by Gasteiger charge is 2.20. The van der Waals surface area contributed by atoms with Crippen LogP contribution in [-0.2, 0) is 11.3 Å². The largest absolute Gasteiger partial charge is 0.355 e. The zero-order valence-corrected chi connectivity index (χ0v) is 12.6. The van der Waals surface area contributed by atoms with Crippen LogP contribution >= 0.6 is 0 Å². The Labute approximate surface area is 125 Å². The molecule has 4 nitrogen and oxygen atoms in total. The molecule has 1 amide bonds. The predicted octanol–water partition coefficient (Wildman–Crippen LogP) is 1.37. The summed E-state index contributed by atoms with van der Waals surface area (Å²) in [4.78, 5) is 14.1. The molecule has 0 spiro atoms. The van der Waals surface area contributed by atoms with Crippen LogP contribution in [0.25, 0.3) is 0 Å². The van der Waals surface area contributed by atoms with E-state index >= 15 is 0 Å². The fourth-order valence-electron chi connectivity index (χ4n) is 2.57. The number of nitrogens with zero attached hydrogens (tertiary/aromatic N) is 1. The number of nitrogens with one attached hydrogen (secondary N) is 2. The zero-order chi connectivity index (χ0) is 15.1. The second-order valence-electron chi connectivity index (χ2n) is 5.70. The second-order valence-corrected chi connectivity index (χ2v) is 5.70. The number of piperidine rings is 1. The molecule has 2 rings (SSSR count). The van der Waals surface area contributed by atoms with Crippen LogP contribution in [0.15, 0.2) is 24.3 Å². The Hall–Kier alpha value is -1.46. The van der Waals surface area contributed by atoms with E-state index in [1.807, 2.05) is 7.05 Å². The van der Waals surface area contributed by atoms with E-state index in [1.54, 1.807) is 12.1 Å². The van der Waals surface area contributed by atoms with Crippen LogP contribution in [0.2, 0.25) is 0 Å². The SMILES string of the molecule is CN(CCNC(=O)C1CCCNC1)Cc1ccc(F)cc1. The Morgan fingerprint density at radius 3 is 2.86 bits per heavy atom. The fraction of sp³-hybridized carbons (Fsp3) is 0.562. The lowest BCUT2D eigenvalue weighted by Crippen LogP contribution is -2.42. The molecule has 1 atom stereocenters. The molecular formula is C16H24FN3O. The van der Waals surface area contributed by atoms with Crippen molar-refractivity contribution < 1.29 is 9.18 Å². The summed E-state index contributed by atoms with van der Waals surface area (Å²) in [6.45, 7) is 3.98. The smallest absolute Gasteiger partial charge is 0.224 e. The number of hydrogen-bond donors (Lipinski definition) is 2. The normalized spacial score (nSPS) is 18.7. The van der Waals surface area contributed by atoms with Crippen molar-refractivity contribution in [2.75, 3.05) is 33.2 Å².